The van der Waals surface area contributed by atoms with Crippen molar-refractivity contribution in [2.45, 2.75) is 50.5 Å². The minimum atomic E-state index is -0.755. The molecule has 0 N–H and O–H groups in total. The summed E-state index contributed by atoms with van der Waals surface area (Å²) in [6, 6.07) is 5.51. The number of halogens is 2. The molecule has 1 aromatic carbocycles. The Labute approximate surface area is 174 Å². The first-order chi connectivity index (χ1) is 14.3. The lowest BCUT2D eigenvalue weighted by Crippen LogP contribution is -2.51. The molecule has 1 aliphatic heterocycles. The fourth-order valence-corrected chi connectivity index (χ4v) is 6.04. The quantitative estimate of drug-likeness (QED) is 0.768. The lowest BCUT2D eigenvalue weighted by atomic mass is 9.67. The summed E-state index contributed by atoms with van der Waals surface area (Å²) in [4.78, 5) is 15.7. The molecule has 1 saturated carbocycles. The first-order valence-electron chi connectivity index (χ1n) is 10.5. The molecule has 2 aromatic rings. The molecule has 2 aliphatic carbocycles. The van der Waals surface area contributed by atoms with Crippen molar-refractivity contribution in [3.63, 3.8) is 0 Å². The van der Waals surface area contributed by atoms with Crippen LogP contribution in [0.1, 0.15) is 50.3 Å². The third-order valence-electron chi connectivity index (χ3n) is 7.73. The topological polar surface area (TPSA) is 55.3 Å². The summed E-state index contributed by atoms with van der Waals surface area (Å²) >= 11 is 0. The van der Waals surface area contributed by atoms with Crippen LogP contribution in [-0.2, 0) is 14.9 Å². The van der Waals surface area contributed by atoms with Crippen LogP contribution in [0.3, 0.4) is 0 Å². The predicted molar refractivity (Wildman–Crippen MR) is 107 cm³/mol. The lowest BCUT2D eigenvalue weighted by Gasteiger charge is -2.39. The molecule has 1 amide bonds. The Kier molecular flexibility index (Phi) is 4.26. The number of methoxy groups -OCH3 is 1. The van der Waals surface area contributed by atoms with Gasteiger partial charge in [0.1, 0.15) is 11.6 Å². The Morgan fingerprint density at radius 3 is 2.60 bits per heavy atom. The van der Waals surface area contributed by atoms with Gasteiger partial charge in [-0.2, -0.15) is 5.10 Å². The van der Waals surface area contributed by atoms with Gasteiger partial charge in [-0.1, -0.05) is 19.9 Å². The van der Waals surface area contributed by atoms with Crippen molar-refractivity contribution in [2.24, 2.45) is 5.41 Å². The first-order valence-corrected chi connectivity index (χ1v) is 10.5. The predicted octanol–water partition coefficient (Wildman–Crippen LogP) is 3.82. The molecular formula is C23H25F2N3O2. The van der Waals surface area contributed by atoms with E-state index in [0.29, 0.717) is 25.2 Å². The summed E-state index contributed by atoms with van der Waals surface area (Å²) in [6.45, 7) is 5.47. The van der Waals surface area contributed by atoms with Crippen LogP contribution >= 0.6 is 0 Å². The van der Waals surface area contributed by atoms with Gasteiger partial charge < -0.3 is 9.64 Å². The zero-order valence-electron chi connectivity index (χ0n) is 17.4. The normalized spacial score (nSPS) is 28.8. The largest absolute Gasteiger partial charge is 0.380 e. The van der Waals surface area contributed by atoms with Gasteiger partial charge in [-0.3, -0.25) is 4.79 Å². The molecule has 0 unspecified atom stereocenters. The number of aromatic nitrogens is 2. The van der Waals surface area contributed by atoms with E-state index in [1.54, 1.807) is 13.2 Å². The van der Waals surface area contributed by atoms with E-state index in [-0.39, 0.29) is 34.6 Å². The Balaban J connectivity index is 1.60. The summed E-state index contributed by atoms with van der Waals surface area (Å²) in [7, 11) is 1.67. The van der Waals surface area contributed by atoms with Crippen molar-refractivity contribution in [2.75, 3.05) is 20.2 Å². The number of carbonyl (C=O) groups is 1. The van der Waals surface area contributed by atoms with E-state index in [1.165, 1.54) is 18.2 Å². The van der Waals surface area contributed by atoms with Crippen LogP contribution in [-0.4, -0.2) is 47.3 Å². The van der Waals surface area contributed by atoms with E-state index in [4.69, 9.17) is 4.74 Å². The zero-order chi connectivity index (χ0) is 21.3. The average molecular weight is 413 g/mol. The van der Waals surface area contributed by atoms with E-state index in [0.717, 1.165) is 18.4 Å². The van der Waals surface area contributed by atoms with Gasteiger partial charge in [-0.25, -0.2) is 8.78 Å². The Bertz CT molecular complexity index is 1020. The highest BCUT2D eigenvalue weighted by atomic mass is 19.1. The molecule has 2 bridgehead atoms. The highest BCUT2D eigenvalue weighted by molar-refractivity contribution is 5.92. The maximum Gasteiger partial charge on any atom is 0.235 e. The monoisotopic (exact) mass is 413 g/mol. The molecule has 5 rings (SSSR count). The molecular weight excluding hydrogens is 388 g/mol. The second kappa shape index (κ2) is 6.54. The maximum atomic E-state index is 14.3. The molecule has 2 fully saturated rings. The fraction of sp³-hybridized carbons (Fsp3) is 0.522. The van der Waals surface area contributed by atoms with E-state index >= 15 is 0 Å². The van der Waals surface area contributed by atoms with Gasteiger partial charge in [0.05, 0.1) is 28.5 Å². The van der Waals surface area contributed by atoms with Gasteiger partial charge in [0.2, 0.25) is 5.91 Å². The smallest absolute Gasteiger partial charge is 0.235 e. The van der Waals surface area contributed by atoms with Crippen molar-refractivity contribution < 1.29 is 18.3 Å². The number of benzene rings is 1. The van der Waals surface area contributed by atoms with Crippen molar-refractivity contribution in [3.8, 4) is 11.3 Å². The minimum Gasteiger partial charge on any atom is -0.380 e. The van der Waals surface area contributed by atoms with Crippen molar-refractivity contribution in [3.05, 3.63) is 47.2 Å². The van der Waals surface area contributed by atoms with Gasteiger partial charge in [-0.05, 0) is 54.4 Å². The molecule has 30 heavy (non-hydrogen) atoms. The van der Waals surface area contributed by atoms with E-state index in [2.05, 4.69) is 24.0 Å². The standard InChI is InChI=1S/C23H25F2N3O2/c1-22(2)15-7-9-23(22,21(29)28-10-8-13(12-28)30-3)20-14(15)11-18(26-27-20)19-16(24)5-4-6-17(19)25/h4-6,11,13,15H,7-10,12H2,1-3H3/t13-,15-,23+/m0/s1. The Morgan fingerprint density at radius 2 is 1.93 bits per heavy atom. The number of ether oxygens (including phenoxy) is 1. The molecule has 1 aromatic heterocycles. The molecule has 3 atom stereocenters. The summed E-state index contributed by atoms with van der Waals surface area (Å²) in [5, 5.41) is 8.62. The third kappa shape index (κ3) is 2.38. The van der Waals surface area contributed by atoms with Crippen LogP contribution in [0.25, 0.3) is 11.3 Å². The summed E-state index contributed by atoms with van der Waals surface area (Å²) < 4.78 is 34.1. The second-order valence-electron chi connectivity index (χ2n) is 9.25. The fourth-order valence-electron chi connectivity index (χ4n) is 6.04. The Morgan fingerprint density at radius 1 is 1.20 bits per heavy atom. The SMILES string of the molecule is CO[C@H]1CCN(C(=O)[C@@]23CC[C@@H](c4cc(-c5c(F)cccc5F)nnc42)C3(C)C)C1. The zero-order valence-corrected chi connectivity index (χ0v) is 17.4. The first kappa shape index (κ1) is 19.5. The van der Waals surface area contributed by atoms with Gasteiger partial charge in [0, 0.05) is 20.2 Å². The molecule has 7 heteroatoms. The molecule has 158 valence electrons. The third-order valence-corrected chi connectivity index (χ3v) is 7.73. The second-order valence-corrected chi connectivity index (χ2v) is 9.25. The van der Waals surface area contributed by atoms with Crippen LogP contribution in [0.15, 0.2) is 24.3 Å². The minimum absolute atomic E-state index is 0.0593. The number of likely N-dealkylation sites (tertiary alicyclic amines) is 1. The molecule has 2 heterocycles. The average Bonchev–Trinajstić information content (AvgIpc) is 3.35. The summed E-state index contributed by atoms with van der Waals surface area (Å²) in [5.74, 6) is -1.16. The van der Waals surface area contributed by atoms with E-state index in [1.807, 2.05) is 4.90 Å². The van der Waals surface area contributed by atoms with Crippen LogP contribution in [0, 0.1) is 17.0 Å². The molecule has 0 radical (unpaired) electrons. The van der Waals surface area contributed by atoms with Crippen LogP contribution in [0.5, 0.6) is 0 Å². The van der Waals surface area contributed by atoms with Crippen LogP contribution < -0.4 is 0 Å². The van der Waals surface area contributed by atoms with Gasteiger partial charge >= 0.3 is 0 Å². The number of nitrogens with zero attached hydrogens (tertiary/aromatic N) is 3. The summed E-state index contributed by atoms with van der Waals surface area (Å²) in [6.07, 6.45) is 2.45. The highest BCUT2D eigenvalue weighted by Gasteiger charge is 2.68. The Hall–Kier alpha value is -2.41. The van der Waals surface area contributed by atoms with Crippen LogP contribution in [0.4, 0.5) is 8.78 Å². The molecule has 1 saturated heterocycles. The van der Waals surface area contributed by atoms with Crippen molar-refractivity contribution in [1.82, 2.24) is 15.1 Å². The van der Waals surface area contributed by atoms with Gasteiger partial charge in [0.25, 0.3) is 0 Å². The molecule has 5 nitrogen and oxygen atoms in total. The number of amides is 1. The van der Waals surface area contributed by atoms with Gasteiger partial charge in [-0.15, -0.1) is 5.10 Å². The van der Waals surface area contributed by atoms with Crippen molar-refractivity contribution in [1.29, 1.82) is 0 Å². The highest BCUT2D eigenvalue weighted by Crippen LogP contribution is 2.68. The van der Waals surface area contributed by atoms with Crippen LogP contribution in [0.2, 0.25) is 0 Å². The summed E-state index contributed by atoms with van der Waals surface area (Å²) in [5.41, 5.74) is 0.477. The van der Waals surface area contributed by atoms with Crippen molar-refractivity contribution >= 4 is 5.91 Å². The van der Waals surface area contributed by atoms with E-state index in [9.17, 15) is 13.6 Å². The number of carbonyl (C=O) groups excluding carboxylic acids is 1. The van der Waals surface area contributed by atoms with E-state index < -0.39 is 17.0 Å². The number of rotatable bonds is 3. The number of fused-ring (bicyclic) bond motifs is 5. The number of hydrogen-bond acceptors (Lipinski definition) is 4. The number of hydrogen-bond donors (Lipinski definition) is 0. The maximum absolute atomic E-state index is 14.3. The molecule has 0 spiro atoms. The molecule has 3 aliphatic rings. The lowest BCUT2D eigenvalue weighted by molar-refractivity contribution is -0.140. The van der Waals surface area contributed by atoms with Gasteiger partial charge in [0.15, 0.2) is 0 Å².